The summed E-state index contributed by atoms with van der Waals surface area (Å²) in [6.45, 7) is 0. The highest BCUT2D eigenvalue weighted by Crippen LogP contribution is 2.34. The van der Waals surface area contributed by atoms with E-state index in [9.17, 15) is 14.7 Å². The topological polar surface area (TPSA) is 69.7 Å². The van der Waals surface area contributed by atoms with E-state index in [1.165, 1.54) is 11.8 Å². The van der Waals surface area contributed by atoms with Crippen LogP contribution in [0.2, 0.25) is 0 Å². The third-order valence-electron chi connectivity index (χ3n) is 3.42. The molecule has 0 spiro atoms. The lowest BCUT2D eigenvalue weighted by Gasteiger charge is -2.27. The maximum atomic E-state index is 12.6. The van der Waals surface area contributed by atoms with Gasteiger partial charge in [-0.05, 0) is 42.2 Å². The molecule has 1 saturated heterocycles. The van der Waals surface area contributed by atoms with E-state index < -0.39 is 17.9 Å². The summed E-state index contributed by atoms with van der Waals surface area (Å²) in [6.07, 6.45) is 3.87. The second-order valence-electron chi connectivity index (χ2n) is 4.94. The van der Waals surface area contributed by atoms with Crippen LogP contribution in [0.4, 0.5) is 0 Å². The van der Waals surface area contributed by atoms with Crippen molar-refractivity contribution in [2.24, 2.45) is 0 Å². The van der Waals surface area contributed by atoms with Crippen LogP contribution in [-0.4, -0.2) is 46.3 Å². The number of carboxylic acid groups (broad SMARTS) is 1. The first kappa shape index (κ1) is 18.8. The molecule has 0 bridgehead atoms. The average Bonchev–Trinajstić information content (AvgIpc) is 2.83. The highest BCUT2D eigenvalue weighted by molar-refractivity contribution is 8.26. The van der Waals surface area contributed by atoms with Crippen molar-refractivity contribution in [1.82, 2.24) is 4.90 Å². The van der Waals surface area contributed by atoms with Crippen LogP contribution >= 0.6 is 35.7 Å². The fourth-order valence-electron chi connectivity index (χ4n) is 2.18. The Kier molecular flexibility index (Phi) is 6.70. The Labute approximate surface area is 154 Å². The molecule has 1 atom stereocenters. The quantitative estimate of drug-likeness (QED) is 0.526. The van der Waals surface area contributed by atoms with E-state index in [1.54, 1.807) is 25.3 Å². The molecular weight excluding hydrogens is 366 g/mol. The van der Waals surface area contributed by atoms with Gasteiger partial charge in [0.15, 0.2) is 0 Å². The Morgan fingerprint density at radius 1 is 1.46 bits per heavy atom. The van der Waals surface area contributed by atoms with Crippen molar-refractivity contribution in [3.8, 4) is 5.75 Å². The molecule has 1 aromatic rings. The molecule has 0 radical (unpaired) electrons. The van der Waals surface area contributed by atoms with Crippen LogP contribution in [0.3, 0.4) is 0 Å². The maximum Gasteiger partial charge on any atom is 0.266 e. The van der Waals surface area contributed by atoms with E-state index in [4.69, 9.17) is 17.0 Å². The Balaban J connectivity index is 2.23. The normalized spacial score (nSPS) is 17.4. The largest absolute Gasteiger partial charge is 0.548 e. The number of ether oxygens (including phenoxy) is 1. The lowest BCUT2D eigenvalue weighted by Crippen LogP contribution is -2.50. The Morgan fingerprint density at radius 3 is 2.67 bits per heavy atom. The van der Waals surface area contributed by atoms with Crippen LogP contribution < -0.4 is 9.84 Å². The van der Waals surface area contributed by atoms with E-state index in [0.29, 0.717) is 22.8 Å². The number of aliphatic carboxylic acids is 1. The minimum Gasteiger partial charge on any atom is -0.548 e. The third-order valence-corrected chi connectivity index (χ3v) is 5.39. The Morgan fingerprint density at radius 2 is 2.12 bits per heavy atom. The molecule has 1 aliphatic heterocycles. The van der Waals surface area contributed by atoms with Crippen molar-refractivity contribution < 1.29 is 19.4 Å². The highest BCUT2D eigenvalue weighted by Gasteiger charge is 2.37. The fourth-order valence-corrected chi connectivity index (χ4v) is 4.00. The van der Waals surface area contributed by atoms with Crippen LogP contribution in [0.25, 0.3) is 6.08 Å². The zero-order valence-electron chi connectivity index (χ0n) is 13.2. The molecule has 1 heterocycles. The zero-order valence-corrected chi connectivity index (χ0v) is 15.6. The molecule has 1 amide bonds. The number of thioether (sulfide) groups is 2. The number of nitrogens with zero attached hydrogens (tertiary/aromatic N) is 1. The average molecular weight is 383 g/mol. The number of hydrogen-bond acceptors (Lipinski definition) is 7. The van der Waals surface area contributed by atoms with Gasteiger partial charge in [0.2, 0.25) is 0 Å². The summed E-state index contributed by atoms with van der Waals surface area (Å²) in [5.74, 6) is -0.358. The molecule has 1 aromatic carbocycles. The summed E-state index contributed by atoms with van der Waals surface area (Å²) in [7, 11) is 1.58. The van der Waals surface area contributed by atoms with E-state index >= 15 is 0 Å². The number of carboxylic acids is 1. The zero-order chi connectivity index (χ0) is 17.7. The van der Waals surface area contributed by atoms with Crippen LogP contribution in [0.15, 0.2) is 29.2 Å². The molecular formula is C16H16NO4S3-. The van der Waals surface area contributed by atoms with Crippen molar-refractivity contribution in [2.75, 3.05) is 19.1 Å². The predicted molar refractivity (Wildman–Crippen MR) is 99.8 cm³/mol. The van der Waals surface area contributed by atoms with Gasteiger partial charge in [0.05, 0.1) is 24.0 Å². The summed E-state index contributed by atoms with van der Waals surface area (Å²) < 4.78 is 5.34. The molecule has 0 N–H and O–H groups in total. The molecule has 2 rings (SSSR count). The van der Waals surface area contributed by atoms with Gasteiger partial charge in [0.25, 0.3) is 5.91 Å². The van der Waals surface area contributed by atoms with Gasteiger partial charge in [0.1, 0.15) is 10.1 Å². The molecule has 8 heteroatoms. The van der Waals surface area contributed by atoms with Gasteiger partial charge in [-0.1, -0.05) is 36.1 Å². The molecule has 5 nitrogen and oxygen atoms in total. The van der Waals surface area contributed by atoms with Gasteiger partial charge in [-0.15, -0.1) is 0 Å². The molecule has 0 unspecified atom stereocenters. The van der Waals surface area contributed by atoms with E-state index in [1.807, 2.05) is 18.4 Å². The monoisotopic (exact) mass is 382 g/mol. The summed E-state index contributed by atoms with van der Waals surface area (Å²) in [4.78, 5) is 25.5. The molecule has 128 valence electrons. The minimum atomic E-state index is -1.29. The van der Waals surface area contributed by atoms with Gasteiger partial charge in [-0.3, -0.25) is 9.69 Å². The molecule has 24 heavy (non-hydrogen) atoms. The predicted octanol–water partition coefficient (Wildman–Crippen LogP) is 1.77. The van der Waals surface area contributed by atoms with Crippen LogP contribution in [0.5, 0.6) is 5.75 Å². The second-order valence-corrected chi connectivity index (χ2v) is 7.60. The number of thiocarbonyl (C=S) groups is 1. The van der Waals surface area contributed by atoms with Crippen molar-refractivity contribution in [2.45, 2.75) is 12.5 Å². The summed E-state index contributed by atoms with van der Waals surface area (Å²) in [5.41, 5.74) is 0.811. The number of hydrogen-bond donors (Lipinski definition) is 0. The van der Waals surface area contributed by atoms with Crippen molar-refractivity contribution in [1.29, 1.82) is 0 Å². The van der Waals surface area contributed by atoms with Crippen LogP contribution in [0, 0.1) is 0 Å². The highest BCUT2D eigenvalue weighted by atomic mass is 32.2. The first-order chi connectivity index (χ1) is 11.5. The first-order valence-corrected chi connectivity index (χ1v) is 9.70. The fraction of sp³-hybridized carbons (Fsp3) is 0.312. The van der Waals surface area contributed by atoms with Gasteiger partial charge in [0, 0.05) is 0 Å². The SMILES string of the molecule is COc1ccc(/C=C2/SC(=S)N([C@H](CCSC)C(=O)[O-])C2=O)cc1. The maximum absolute atomic E-state index is 12.6. The Bertz CT molecular complexity index is 672. The smallest absolute Gasteiger partial charge is 0.266 e. The number of methoxy groups -OCH3 is 1. The summed E-state index contributed by atoms with van der Waals surface area (Å²) in [5, 5.41) is 11.4. The third kappa shape index (κ3) is 4.31. The Hall–Kier alpha value is -1.51. The second kappa shape index (κ2) is 8.55. The standard InChI is InChI=1S/C16H17NO4S3/c1-21-11-5-3-10(4-6-11)9-13-14(18)17(16(22)24-13)12(15(19)20)7-8-23-2/h3-6,9,12H,7-8H2,1-2H3,(H,19,20)/p-1/b13-9+/t12-/m1/s1. The van der Waals surface area contributed by atoms with Gasteiger partial charge in [-0.25, -0.2) is 0 Å². The summed E-state index contributed by atoms with van der Waals surface area (Å²) >= 11 is 7.82. The van der Waals surface area contributed by atoms with E-state index in [0.717, 1.165) is 22.2 Å². The van der Waals surface area contributed by atoms with Crippen LogP contribution in [0.1, 0.15) is 12.0 Å². The molecule has 1 fully saturated rings. The number of carbonyl (C=O) groups is 2. The van der Waals surface area contributed by atoms with Gasteiger partial charge in [-0.2, -0.15) is 11.8 Å². The van der Waals surface area contributed by atoms with Crippen molar-refractivity contribution in [3.63, 3.8) is 0 Å². The van der Waals surface area contributed by atoms with Gasteiger partial charge < -0.3 is 14.6 Å². The molecule has 0 aliphatic carbocycles. The van der Waals surface area contributed by atoms with Crippen molar-refractivity contribution >= 4 is 58.0 Å². The molecule has 1 aliphatic rings. The minimum absolute atomic E-state index is 0.245. The first-order valence-electron chi connectivity index (χ1n) is 7.09. The number of rotatable bonds is 7. The van der Waals surface area contributed by atoms with Gasteiger partial charge >= 0.3 is 0 Å². The molecule has 0 aromatic heterocycles. The van der Waals surface area contributed by atoms with E-state index in [2.05, 4.69) is 0 Å². The lowest BCUT2D eigenvalue weighted by atomic mass is 10.1. The lowest BCUT2D eigenvalue weighted by molar-refractivity contribution is -0.310. The number of amides is 1. The van der Waals surface area contributed by atoms with Crippen molar-refractivity contribution in [3.05, 3.63) is 34.7 Å². The number of benzene rings is 1. The van der Waals surface area contributed by atoms with Crippen LogP contribution in [-0.2, 0) is 9.59 Å². The number of carbonyl (C=O) groups excluding carboxylic acids is 2. The summed E-state index contributed by atoms with van der Waals surface area (Å²) in [6, 6.07) is 6.17. The van der Waals surface area contributed by atoms with E-state index in [-0.39, 0.29) is 4.32 Å². The molecule has 0 saturated carbocycles.